The van der Waals surface area contributed by atoms with Gasteiger partial charge in [-0.25, -0.2) is 0 Å². The van der Waals surface area contributed by atoms with E-state index in [1.807, 2.05) is 20.8 Å². The lowest BCUT2D eigenvalue weighted by Gasteiger charge is -2.31. The quantitative estimate of drug-likeness (QED) is 0.775. The summed E-state index contributed by atoms with van der Waals surface area (Å²) in [6.45, 7) is 9.91. The van der Waals surface area contributed by atoms with Crippen molar-refractivity contribution in [2.45, 2.75) is 39.8 Å². The first-order chi connectivity index (χ1) is 8.40. The van der Waals surface area contributed by atoms with Crippen LogP contribution in [0.5, 0.6) is 0 Å². The molecule has 2 atom stereocenters. The Morgan fingerprint density at radius 1 is 1.44 bits per heavy atom. The Morgan fingerprint density at radius 3 is 2.61 bits per heavy atom. The van der Waals surface area contributed by atoms with Crippen molar-refractivity contribution in [3.8, 4) is 0 Å². The molecule has 1 aliphatic heterocycles. The second-order valence-electron chi connectivity index (χ2n) is 5.32. The molecule has 0 saturated carbocycles. The highest BCUT2D eigenvalue weighted by Gasteiger charge is 2.23. The lowest BCUT2D eigenvalue weighted by molar-refractivity contribution is -0.129. The third-order valence-corrected chi connectivity index (χ3v) is 3.11. The maximum Gasteiger partial charge on any atom is 0.234 e. The van der Waals surface area contributed by atoms with Crippen molar-refractivity contribution >= 4 is 11.7 Å². The van der Waals surface area contributed by atoms with Crippen molar-refractivity contribution in [1.29, 1.82) is 0 Å². The van der Waals surface area contributed by atoms with E-state index in [9.17, 15) is 9.59 Å². The van der Waals surface area contributed by atoms with Crippen LogP contribution in [0.2, 0.25) is 0 Å². The maximum atomic E-state index is 11.9. The fourth-order valence-corrected chi connectivity index (χ4v) is 2.19. The molecule has 0 radical (unpaired) electrons. The first-order valence-corrected chi connectivity index (χ1v) is 6.54. The van der Waals surface area contributed by atoms with Gasteiger partial charge in [-0.15, -0.1) is 0 Å². The van der Waals surface area contributed by atoms with Gasteiger partial charge in [-0.2, -0.15) is 0 Å². The van der Waals surface area contributed by atoms with E-state index in [1.54, 1.807) is 0 Å². The van der Waals surface area contributed by atoms with Gasteiger partial charge in [0.1, 0.15) is 0 Å². The Balaban J connectivity index is 2.42. The van der Waals surface area contributed by atoms with Crippen LogP contribution < -0.4 is 5.32 Å². The standard InChI is InChI=1S/C13H24N2O3/c1-9(2)13(11(4)16)14-12(17)8-15-5-6-18-10(3)7-15/h9-10,13H,5-8H2,1-4H3,(H,14,17). The number of carbonyl (C=O) groups excluding carboxylic acids is 2. The van der Waals surface area contributed by atoms with Crippen LogP contribution in [-0.2, 0) is 14.3 Å². The normalized spacial score (nSPS) is 22.8. The molecule has 0 aromatic carbocycles. The number of ether oxygens (including phenoxy) is 1. The number of hydrogen-bond donors (Lipinski definition) is 1. The Labute approximate surface area is 109 Å². The summed E-state index contributed by atoms with van der Waals surface area (Å²) in [5.41, 5.74) is 0. The third kappa shape index (κ3) is 4.74. The van der Waals surface area contributed by atoms with E-state index in [0.717, 1.165) is 13.1 Å². The van der Waals surface area contributed by atoms with Crippen LogP contribution in [-0.4, -0.2) is 55.0 Å². The van der Waals surface area contributed by atoms with Crippen LogP contribution in [0, 0.1) is 5.92 Å². The van der Waals surface area contributed by atoms with Gasteiger partial charge in [0.15, 0.2) is 5.78 Å². The average Bonchev–Trinajstić information content (AvgIpc) is 2.25. The second kappa shape index (κ2) is 6.85. The van der Waals surface area contributed by atoms with Crippen LogP contribution in [0.4, 0.5) is 0 Å². The molecule has 18 heavy (non-hydrogen) atoms. The minimum Gasteiger partial charge on any atom is -0.376 e. The first kappa shape index (κ1) is 15.1. The summed E-state index contributed by atoms with van der Waals surface area (Å²) in [5, 5.41) is 2.81. The lowest BCUT2D eigenvalue weighted by atomic mass is 10.0. The van der Waals surface area contributed by atoms with Gasteiger partial charge in [0.2, 0.25) is 5.91 Å². The predicted octanol–water partition coefficient (Wildman–Crippen LogP) is 0.437. The number of morpholine rings is 1. The Bertz CT molecular complexity index is 305. The minimum absolute atomic E-state index is 0.00805. The molecule has 1 rings (SSSR count). The molecule has 0 bridgehead atoms. The number of nitrogens with one attached hydrogen (secondary N) is 1. The summed E-state index contributed by atoms with van der Waals surface area (Å²) in [4.78, 5) is 25.4. The molecular weight excluding hydrogens is 232 g/mol. The van der Waals surface area contributed by atoms with Gasteiger partial charge in [-0.05, 0) is 19.8 Å². The number of rotatable bonds is 5. The molecular formula is C13H24N2O3. The monoisotopic (exact) mass is 256 g/mol. The summed E-state index contributed by atoms with van der Waals surface area (Å²) in [7, 11) is 0. The molecule has 1 aliphatic rings. The fraction of sp³-hybridized carbons (Fsp3) is 0.846. The Hall–Kier alpha value is -0.940. The summed E-state index contributed by atoms with van der Waals surface area (Å²) in [6.07, 6.45) is 0.167. The van der Waals surface area contributed by atoms with Crippen molar-refractivity contribution in [3.63, 3.8) is 0 Å². The van der Waals surface area contributed by atoms with E-state index in [1.165, 1.54) is 6.92 Å². The van der Waals surface area contributed by atoms with E-state index in [4.69, 9.17) is 4.74 Å². The number of nitrogens with zero attached hydrogens (tertiary/aromatic N) is 1. The molecule has 2 unspecified atom stereocenters. The molecule has 5 nitrogen and oxygen atoms in total. The molecule has 1 fully saturated rings. The minimum atomic E-state index is -0.379. The zero-order valence-electron chi connectivity index (χ0n) is 11.7. The van der Waals surface area contributed by atoms with Gasteiger partial charge < -0.3 is 10.1 Å². The van der Waals surface area contributed by atoms with Crippen LogP contribution in [0.1, 0.15) is 27.7 Å². The highest BCUT2D eigenvalue weighted by atomic mass is 16.5. The van der Waals surface area contributed by atoms with E-state index >= 15 is 0 Å². The SMILES string of the molecule is CC(=O)C(NC(=O)CN1CCOC(C)C1)C(C)C. The largest absolute Gasteiger partial charge is 0.376 e. The number of amides is 1. The smallest absolute Gasteiger partial charge is 0.234 e. The number of ketones is 1. The maximum absolute atomic E-state index is 11.9. The third-order valence-electron chi connectivity index (χ3n) is 3.11. The second-order valence-corrected chi connectivity index (χ2v) is 5.32. The molecule has 1 amide bonds. The van der Waals surface area contributed by atoms with E-state index in [0.29, 0.717) is 13.2 Å². The van der Waals surface area contributed by atoms with E-state index in [-0.39, 0.29) is 29.8 Å². The van der Waals surface area contributed by atoms with Crippen LogP contribution in [0.25, 0.3) is 0 Å². The zero-order valence-corrected chi connectivity index (χ0v) is 11.7. The molecule has 1 N–H and O–H groups in total. The lowest BCUT2D eigenvalue weighted by Crippen LogP contribution is -2.50. The fourth-order valence-electron chi connectivity index (χ4n) is 2.19. The van der Waals surface area contributed by atoms with E-state index < -0.39 is 0 Å². The van der Waals surface area contributed by atoms with Crippen molar-refractivity contribution in [3.05, 3.63) is 0 Å². The van der Waals surface area contributed by atoms with Crippen molar-refractivity contribution in [1.82, 2.24) is 10.2 Å². The number of Topliss-reactive ketones (excluding diaryl/α,β-unsaturated/α-hetero) is 1. The Kier molecular flexibility index (Phi) is 5.75. The molecule has 0 aromatic rings. The van der Waals surface area contributed by atoms with E-state index in [2.05, 4.69) is 10.2 Å². The molecule has 1 heterocycles. The van der Waals surface area contributed by atoms with Gasteiger partial charge in [0, 0.05) is 13.1 Å². The van der Waals surface area contributed by atoms with Gasteiger partial charge in [-0.3, -0.25) is 14.5 Å². The predicted molar refractivity (Wildman–Crippen MR) is 69.3 cm³/mol. The highest BCUT2D eigenvalue weighted by Crippen LogP contribution is 2.05. The van der Waals surface area contributed by atoms with Gasteiger partial charge >= 0.3 is 0 Å². The summed E-state index contributed by atoms with van der Waals surface area (Å²) < 4.78 is 5.42. The molecule has 1 saturated heterocycles. The topological polar surface area (TPSA) is 58.6 Å². The van der Waals surface area contributed by atoms with Crippen molar-refractivity contribution in [2.75, 3.05) is 26.2 Å². The summed E-state index contributed by atoms with van der Waals surface area (Å²) >= 11 is 0. The van der Waals surface area contributed by atoms with Crippen LogP contribution >= 0.6 is 0 Å². The molecule has 5 heteroatoms. The number of carbonyl (C=O) groups is 2. The molecule has 0 aliphatic carbocycles. The summed E-state index contributed by atoms with van der Waals surface area (Å²) in [6, 6.07) is -0.379. The molecule has 0 aromatic heterocycles. The van der Waals surface area contributed by atoms with Gasteiger partial charge in [-0.1, -0.05) is 13.8 Å². The molecule has 104 valence electrons. The van der Waals surface area contributed by atoms with Crippen LogP contribution in [0.3, 0.4) is 0 Å². The first-order valence-electron chi connectivity index (χ1n) is 6.54. The highest BCUT2D eigenvalue weighted by molar-refractivity contribution is 5.88. The average molecular weight is 256 g/mol. The van der Waals surface area contributed by atoms with Crippen LogP contribution in [0.15, 0.2) is 0 Å². The summed E-state index contributed by atoms with van der Waals surface area (Å²) in [5.74, 6) is 0.0433. The van der Waals surface area contributed by atoms with Crippen molar-refractivity contribution < 1.29 is 14.3 Å². The number of hydrogen-bond acceptors (Lipinski definition) is 4. The molecule has 0 spiro atoms. The van der Waals surface area contributed by atoms with Crippen molar-refractivity contribution in [2.24, 2.45) is 5.92 Å². The Morgan fingerprint density at radius 2 is 2.11 bits per heavy atom. The van der Waals surface area contributed by atoms with Gasteiger partial charge in [0.05, 0.1) is 25.3 Å². The van der Waals surface area contributed by atoms with Gasteiger partial charge in [0.25, 0.3) is 0 Å². The zero-order chi connectivity index (χ0) is 13.7.